The molecule has 0 radical (unpaired) electrons. The van der Waals surface area contributed by atoms with Crippen LogP contribution in [0.4, 0.5) is 0 Å². The Morgan fingerprint density at radius 1 is 1.15 bits per heavy atom. The zero-order chi connectivity index (χ0) is 18.5. The molecule has 1 saturated heterocycles. The van der Waals surface area contributed by atoms with Crippen molar-refractivity contribution < 1.29 is 14.3 Å². The summed E-state index contributed by atoms with van der Waals surface area (Å²) in [6, 6.07) is 14.4. The number of hydrogen-bond acceptors (Lipinski definition) is 4. The fourth-order valence-corrected chi connectivity index (χ4v) is 3.27. The Kier molecular flexibility index (Phi) is 7.21. The lowest BCUT2D eigenvalue weighted by Gasteiger charge is -2.37. The summed E-state index contributed by atoms with van der Waals surface area (Å²) in [5, 5.41) is 5.93. The normalized spacial score (nSPS) is 16.2. The van der Waals surface area contributed by atoms with Gasteiger partial charge in [-0.15, -0.1) is 12.4 Å². The number of rotatable bonds is 4. The zero-order valence-electron chi connectivity index (χ0n) is 15.4. The summed E-state index contributed by atoms with van der Waals surface area (Å²) in [5.74, 6) is 0.465. The lowest BCUT2D eigenvalue weighted by molar-refractivity contribution is 0.0631. The van der Waals surface area contributed by atoms with Crippen molar-refractivity contribution in [2.45, 2.75) is 6.04 Å². The second kappa shape index (κ2) is 9.39. The van der Waals surface area contributed by atoms with Crippen LogP contribution >= 0.6 is 12.4 Å². The number of carbonyl (C=O) groups is 2. The summed E-state index contributed by atoms with van der Waals surface area (Å²) >= 11 is 0. The molecule has 2 aromatic rings. The molecule has 7 heteroatoms. The van der Waals surface area contributed by atoms with Crippen molar-refractivity contribution in [2.75, 3.05) is 33.8 Å². The minimum absolute atomic E-state index is 0. The van der Waals surface area contributed by atoms with E-state index in [2.05, 4.69) is 10.6 Å². The van der Waals surface area contributed by atoms with Crippen molar-refractivity contribution >= 4 is 24.2 Å². The highest BCUT2D eigenvalue weighted by Crippen LogP contribution is 2.31. The first-order chi connectivity index (χ1) is 12.7. The van der Waals surface area contributed by atoms with Gasteiger partial charge in [0.25, 0.3) is 11.8 Å². The number of methoxy groups -OCH3 is 1. The quantitative estimate of drug-likeness (QED) is 0.841. The number of carbonyl (C=O) groups excluding carboxylic acids is 2. The average Bonchev–Trinajstić information content (AvgIpc) is 2.72. The maximum Gasteiger partial charge on any atom is 0.254 e. The van der Waals surface area contributed by atoms with Crippen LogP contribution in [-0.2, 0) is 0 Å². The highest BCUT2D eigenvalue weighted by atomic mass is 35.5. The topological polar surface area (TPSA) is 70.7 Å². The molecule has 1 aliphatic heterocycles. The smallest absolute Gasteiger partial charge is 0.254 e. The van der Waals surface area contributed by atoms with Crippen molar-refractivity contribution in [3.63, 3.8) is 0 Å². The van der Waals surface area contributed by atoms with Crippen LogP contribution in [0.25, 0.3) is 0 Å². The molecule has 6 nitrogen and oxygen atoms in total. The molecule has 1 atom stereocenters. The van der Waals surface area contributed by atoms with E-state index in [1.165, 1.54) is 0 Å². The number of hydrogen-bond donors (Lipinski definition) is 2. The molecule has 144 valence electrons. The lowest BCUT2D eigenvalue weighted by atomic mass is 10.0. The van der Waals surface area contributed by atoms with Gasteiger partial charge in [0, 0.05) is 43.4 Å². The molecule has 2 N–H and O–H groups in total. The SMILES string of the molecule is CNC(=O)c1cccc(C(=O)N2CCNCC2c2ccccc2OC)c1.Cl. The van der Waals surface area contributed by atoms with Gasteiger partial charge in [-0.25, -0.2) is 0 Å². The van der Waals surface area contributed by atoms with E-state index in [1.54, 1.807) is 38.4 Å². The van der Waals surface area contributed by atoms with Crippen LogP contribution in [-0.4, -0.2) is 50.5 Å². The number of nitrogens with zero attached hydrogens (tertiary/aromatic N) is 1. The van der Waals surface area contributed by atoms with Crippen molar-refractivity contribution in [1.29, 1.82) is 0 Å². The fourth-order valence-electron chi connectivity index (χ4n) is 3.27. The molecule has 3 rings (SSSR count). The number of amides is 2. The van der Waals surface area contributed by atoms with Gasteiger partial charge in [0.15, 0.2) is 0 Å². The summed E-state index contributed by atoms with van der Waals surface area (Å²) in [6.45, 7) is 1.97. The molecule has 1 aliphatic rings. The van der Waals surface area contributed by atoms with Gasteiger partial charge in [0.1, 0.15) is 5.75 Å². The Morgan fingerprint density at radius 2 is 1.89 bits per heavy atom. The van der Waals surface area contributed by atoms with Crippen LogP contribution in [0.3, 0.4) is 0 Å². The molecule has 1 heterocycles. The van der Waals surface area contributed by atoms with E-state index >= 15 is 0 Å². The van der Waals surface area contributed by atoms with Gasteiger partial charge in [0.05, 0.1) is 13.2 Å². The molecule has 1 fully saturated rings. The molecule has 0 aliphatic carbocycles. The van der Waals surface area contributed by atoms with Gasteiger partial charge in [-0.1, -0.05) is 24.3 Å². The van der Waals surface area contributed by atoms with Gasteiger partial charge in [0.2, 0.25) is 0 Å². The van der Waals surface area contributed by atoms with Crippen molar-refractivity contribution in [3.05, 3.63) is 65.2 Å². The van der Waals surface area contributed by atoms with Crippen molar-refractivity contribution in [1.82, 2.24) is 15.5 Å². The largest absolute Gasteiger partial charge is 0.496 e. The standard InChI is InChI=1S/C20H23N3O3.ClH/c1-21-19(24)14-6-5-7-15(12-14)20(25)23-11-10-22-13-17(23)16-8-3-4-9-18(16)26-2;/h3-9,12,17,22H,10-11,13H2,1-2H3,(H,21,24);1H. The van der Waals surface area contributed by atoms with Gasteiger partial charge in [-0.05, 0) is 24.3 Å². The second-order valence-electron chi connectivity index (χ2n) is 6.12. The fraction of sp³-hybridized carbons (Fsp3) is 0.300. The predicted octanol–water partition coefficient (Wildman–Crippen LogP) is 2.26. The Balaban J connectivity index is 0.00000261. The Hall–Kier alpha value is -2.57. The molecule has 27 heavy (non-hydrogen) atoms. The van der Waals surface area contributed by atoms with E-state index in [-0.39, 0.29) is 30.3 Å². The zero-order valence-corrected chi connectivity index (χ0v) is 16.2. The highest BCUT2D eigenvalue weighted by Gasteiger charge is 2.30. The molecule has 1 unspecified atom stereocenters. The molecule has 2 aromatic carbocycles. The first-order valence-corrected chi connectivity index (χ1v) is 8.62. The monoisotopic (exact) mass is 389 g/mol. The molecule has 0 bridgehead atoms. The van der Waals surface area contributed by atoms with Crippen LogP contribution in [0.2, 0.25) is 0 Å². The summed E-state index contributed by atoms with van der Waals surface area (Å²) < 4.78 is 5.48. The summed E-state index contributed by atoms with van der Waals surface area (Å²) in [7, 11) is 3.21. The highest BCUT2D eigenvalue weighted by molar-refractivity contribution is 5.99. The van der Waals surface area contributed by atoms with E-state index < -0.39 is 0 Å². The number of halogens is 1. The summed E-state index contributed by atoms with van der Waals surface area (Å²) in [5.41, 5.74) is 1.95. The van der Waals surface area contributed by atoms with Gasteiger partial charge in [-0.3, -0.25) is 9.59 Å². The maximum atomic E-state index is 13.2. The predicted molar refractivity (Wildman–Crippen MR) is 107 cm³/mol. The van der Waals surface area contributed by atoms with Crippen LogP contribution < -0.4 is 15.4 Å². The first-order valence-electron chi connectivity index (χ1n) is 8.62. The van der Waals surface area contributed by atoms with Crippen LogP contribution in [0.5, 0.6) is 5.75 Å². The minimum Gasteiger partial charge on any atom is -0.496 e. The van der Waals surface area contributed by atoms with E-state index in [0.717, 1.165) is 17.9 Å². The first kappa shape index (κ1) is 20.7. The lowest BCUT2D eigenvalue weighted by Crippen LogP contribution is -2.48. The Morgan fingerprint density at radius 3 is 2.63 bits per heavy atom. The van der Waals surface area contributed by atoms with Crippen LogP contribution in [0, 0.1) is 0 Å². The molecular weight excluding hydrogens is 366 g/mol. The summed E-state index contributed by atoms with van der Waals surface area (Å²) in [6.07, 6.45) is 0. The second-order valence-corrected chi connectivity index (χ2v) is 6.12. The van der Waals surface area contributed by atoms with E-state index in [0.29, 0.717) is 24.2 Å². The van der Waals surface area contributed by atoms with E-state index in [4.69, 9.17) is 4.74 Å². The third-order valence-electron chi connectivity index (χ3n) is 4.60. The third-order valence-corrected chi connectivity index (χ3v) is 4.60. The molecule has 2 amide bonds. The molecule has 0 aromatic heterocycles. The number of nitrogens with one attached hydrogen (secondary N) is 2. The number of piperazine rings is 1. The molecule has 0 saturated carbocycles. The average molecular weight is 390 g/mol. The van der Waals surface area contributed by atoms with Crippen LogP contribution in [0.1, 0.15) is 32.3 Å². The minimum atomic E-state index is -0.207. The van der Waals surface area contributed by atoms with Crippen molar-refractivity contribution in [2.24, 2.45) is 0 Å². The van der Waals surface area contributed by atoms with Crippen molar-refractivity contribution in [3.8, 4) is 5.75 Å². The third kappa shape index (κ3) is 4.40. The Bertz CT molecular complexity index is 813. The van der Waals surface area contributed by atoms with Gasteiger partial charge in [-0.2, -0.15) is 0 Å². The maximum absolute atomic E-state index is 13.2. The summed E-state index contributed by atoms with van der Waals surface area (Å²) in [4.78, 5) is 26.9. The van der Waals surface area contributed by atoms with Gasteiger partial charge < -0.3 is 20.3 Å². The van der Waals surface area contributed by atoms with Gasteiger partial charge >= 0.3 is 0 Å². The Labute approximate surface area is 165 Å². The number of benzene rings is 2. The number of ether oxygens (including phenoxy) is 1. The van der Waals surface area contributed by atoms with E-state index in [9.17, 15) is 9.59 Å². The molecular formula is C20H24ClN3O3. The molecule has 0 spiro atoms. The van der Waals surface area contributed by atoms with Crippen LogP contribution in [0.15, 0.2) is 48.5 Å². The number of para-hydroxylation sites is 1. The van der Waals surface area contributed by atoms with E-state index in [1.807, 2.05) is 29.2 Å².